The number of benzene rings is 2. The van der Waals surface area contributed by atoms with Crippen molar-refractivity contribution in [3.8, 4) is 0 Å². The molecular formula is C16H19NS2. The molecule has 0 spiro atoms. The van der Waals surface area contributed by atoms with E-state index < -0.39 is 0 Å². The SMILES string of the molecule is CSc1cccc(Sc2ccc(C)cc2C)c1CN. The van der Waals surface area contributed by atoms with E-state index in [2.05, 4.69) is 56.5 Å². The molecule has 0 bridgehead atoms. The first kappa shape index (κ1) is 14.5. The van der Waals surface area contributed by atoms with Gasteiger partial charge in [-0.2, -0.15) is 0 Å². The average Bonchev–Trinajstić information content (AvgIpc) is 2.41. The maximum atomic E-state index is 5.92. The van der Waals surface area contributed by atoms with E-state index in [-0.39, 0.29) is 0 Å². The first-order valence-electron chi connectivity index (χ1n) is 6.26. The minimum Gasteiger partial charge on any atom is -0.326 e. The summed E-state index contributed by atoms with van der Waals surface area (Å²) in [4.78, 5) is 3.84. The monoisotopic (exact) mass is 289 g/mol. The van der Waals surface area contributed by atoms with Gasteiger partial charge < -0.3 is 5.73 Å². The Bertz CT molecular complexity index is 579. The summed E-state index contributed by atoms with van der Waals surface area (Å²) in [7, 11) is 0. The molecule has 19 heavy (non-hydrogen) atoms. The number of thioether (sulfide) groups is 1. The van der Waals surface area contributed by atoms with Crippen LogP contribution in [0.15, 0.2) is 51.1 Å². The molecule has 2 rings (SSSR count). The molecule has 0 radical (unpaired) electrons. The third-order valence-electron chi connectivity index (χ3n) is 3.06. The van der Waals surface area contributed by atoms with Crippen molar-refractivity contribution in [3.63, 3.8) is 0 Å². The fourth-order valence-corrected chi connectivity index (χ4v) is 3.84. The smallest absolute Gasteiger partial charge is 0.0200 e. The number of hydrogen-bond donors (Lipinski definition) is 1. The first-order chi connectivity index (χ1) is 9.15. The van der Waals surface area contributed by atoms with Crippen LogP contribution in [-0.4, -0.2) is 6.26 Å². The molecule has 2 aromatic rings. The summed E-state index contributed by atoms with van der Waals surface area (Å²) in [5.41, 5.74) is 9.79. The van der Waals surface area contributed by atoms with Crippen molar-refractivity contribution in [2.24, 2.45) is 5.73 Å². The molecule has 0 unspecified atom stereocenters. The molecule has 3 heteroatoms. The van der Waals surface area contributed by atoms with Gasteiger partial charge in [0.05, 0.1) is 0 Å². The lowest BCUT2D eigenvalue weighted by molar-refractivity contribution is 0.980. The molecule has 0 saturated heterocycles. The number of nitrogens with two attached hydrogens (primary N) is 1. The van der Waals surface area contributed by atoms with Crippen molar-refractivity contribution >= 4 is 23.5 Å². The number of hydrogen-bond acceptors (Lipinski definition) is 3. The van der Waals surface area contributed by atoms with Crippen LogP contribution in [0.2, 0.25) is 0 Å². The molecule has 2 aromatic carbocycles. The highest BCUT2D eigenvalue weighted by Crippen LogP contribution is 2.36. The van der Waals surface area contributed by atoms with Gasteiger partial charge in [0.15, 0.2) is 0 Å². The highest BCUT2D eigenvalue weighted by Gasteiger charge is 2.09. The second kappa shape index (κ2) is 6.51. The van der Waals surface area contributed by atoms with E-state index in [0.717, 1.165) is 0 Å². The van der Waals surface area contributed by atoms with E-state index in [9.17, 15) is 0 Å². The molecule has 0 amide bonds. The molecule has 100 valence electrons. The molecule has 0 atom stereocenters. The Kier molecular flexibility index (Phi) is 4.97. The molecule has 0 fully saturated rings. The lowest BCUT2D eigenvalue weighted by Crippen LogP contribution is -2.00. The molecule has 0 saturated carbocycles. The Morgan fingerprint density at radius 3 is 2.37 bits per heavy atom. The highest BCUT2D eigenvalue weighted by atomic mass is 32.2. The summed E-state index contributed by atoms with van der Waals surface area (Å²) >= 11 is 3.57. The van der Waals surface area contributed by atoms with Crippen molar-refractivity contribution in [2.75, 3.05) is 6.26 Å². The Labute approximate surface area is 124 Å². The van der Waals surface area contributed by atoms with Crippen LogP contribution < -0.4 is 5.73 Å². The van der Waals surface area contributed by atoms with Gasteiger partial charge in [0, 0.05) is 21.2 Å². The lowest BCUT2D eigenvalue weighted by Gasteiger charge is -2.13. The normalized spacial score (nSPS) is 10.7. The number of rotatable bonds is 4. The van der Waals surface area contributed by atoms with Crippen molar-refractivity contribution in [2.45, 2.75) is 35.1 Å². The molecule has 1 nitrogen and oxygen atoms in total. The lowest BCUT2D eigenvalue weighted by atomic mass is 10.2. The Balaban J connectivity index is 2.37. The fourth-order valence-electron chi connectivity index (χ4n) is 2.07. The van der Waals surface area contributed by atoms with Gasteiger partial charge in [0.25, 0.3) is 0 Å². The summed E-state index contributed by atoms with van der Waals surface area (Å²) in [5, 5.41) is 0. The third-order valence-corrected chi connectivity index (χ3v) is 5.17. The molecule has 2 N–H and O–H groups in total. The van der Waals surface area contributed by atoms with E-state index in [4.69, 9.17) is 5.73 Å². The molecular weight excluding hydrogens is 270 g/mol. The topological polar surface area (TPSA) is 26.0 Å². The first-order valence-corrected chi connectivity index (χ1v) is 8.31. The van der Waals surface area contributed by atoms with E-state index in [0.29, 0.717) is 6.54 Å². The average molecular weight is 289 g/mol. The van der Waals surface area contributed by atoms with Gasteiger partial charge in [0.2, 0.25) is 0 Å². The summed E-state index contributed by atoms with van der Waals surface area (Å²) < 4.78 is 0. The Hall–Kier alpha value is -0.900. The third kappa shape index (κ3) is 3.35. The standard InChI is InChI=1S/C16H19NS2/c1-11-7-8-14(12(2)9-11)19-16-6-4-5-15(18-3)13(16)10-17/h4-9H,10,17H2,1-3H3. The number of aryl methyl sites for hydroxylation is 2. The van der Waals surface area contributed by atoms with Crippen molar-refractivity contribution in [1.82, 2.24) is 0 Å². The van der Waals surface area contributed by atoms with Gasteiger partial charge >= 0.3 is 0 Å². The molecule has 0 aliphatic rings. The summed E-state index contributed by atoms with van der Waals surface area (Å²) in [5.74, 6) is 0. The van der Waals surface area contributed by atoms with Gasteiger partial charge in [-0.25, -0.2) is 0 Å². The zero-order valence-electron chi connectivity index (χ0n) is 11.6. The van der Waals surface area contributed by atoms with E-state index >= 15 is 0 Å². The molecule has 0 heterocycles. The maximum absolute atomic E-state index is 5.92. The van der Waals surface area contributed by atoms with Crippen molar-refractivity contribution in [1.29, 1.82) is 0 Å². The zero-order chi connectivity index (χ0) is 13.8. The maximum Gasteiger partial charge on any atom is 0.0200 e. The van der Waals surface area contributed by atoms with Gasteiger partial charge in [-0.3, -0.25) is 0 Å². The van der Waals surface area contributed by atoms with Gasteiger partial charge in [-0.05, 0) is 49.4 Å². The van der Waals surface area contributed by atoms with Crippen LogP contribution in [0.5, 0.6) is 0 Å². The molecule has 0 aliphatic heterocycles. The largest absolute Gasteiger partial charge is 0.326 e. The molecule has 0 aliphatic carbocycles. The minimum absolute atomic E-state index is 0.588. The minimum atomic E-state index is 0.588. The van der Waals surface area contributed by atoms with Gasteiger partial charge in [0.1, 0.15) is 0 Å². The van der Waals surface area contributed by atoms with Crippen LogP contribution in [0.4, 0.5) is 0 Å². The Morgan fingerprint density at radius 1 is 1.00 bits per heavy atom. The second-order valence-corrected chi connectivity index (χ2v) is 6.44. The predicted molar refractivity (Wildman–Crippen MR) is 86.2 cm³/mol. The second-order valence-electron chi connectivity index (χ2n) is 4.51. The van der Waals surface area contributed by atoms with E-state index in [1.54, 1.807) is 11.8 Å². The predicted octanol–water partition coefficient (Wildman–Crippen LogP) is 4.64. The summed E-state index contributed by atoms with van der Waals surface area (Å²) in [6.07, 6.45) is 2.10. The van der Waals surface area contributed by atoms with E-state index in [1.165, 1.54) is 31.4 Å². The fraction of sp³-hybridized carbons (Fsp3) is 0.250. The Morgan fingerprint density at radius 2 is 1.74 bits per heavy atom. The van der Waals surface area contributed by atoms with Gasteiger partial charge in [-0.15, -0.1) is 11.8 Å². The van der Waals surface area contributed by atoms with Crippen molar-refractivity contribution < 1.29 is 0 Å². The van der Waals surface area contributed by atoms with Crippen LogP contribution in [0, 0.1) is 13.8 Å². The van der Waals surface area contributed by atoms with Crippen LogP contribution in [0.25, 0.3) is 0 Å². The van der Waals surface area contributed by atoms with Crippen LogP contribution in [0.3, 0.4) is 0 Å². The zero-order valence-corrected chi connectivity index (χ0v) is 13.2. The molecule has 0 aromatic heterocycles. The quantitative estimate of drug-likeness (QED) is 0.831. The van der Waals surface area contributed by atoms with E-state index in [1.807, 2.05) is 11.8 Å². The van der Waals surface area contributed by atoms with Gasteiger partial charge in [-0.1, -0.05) is 35.5 Å². The highest BCUT2D eigenvalue weighted by molar-refractivity contribution is 8.00. The summed E-state index contributed by atoms with van der Waals surface area (Å²) in [6.45, 7) is 4.88. The van der Waals surface area contributed by atoms with Crippen LogP contribution in [0.1, 0.15) is 16.7 Å². The van der Waals surface area contributed by atoms with Crippen LogP contribution >= 0.6 is 23.5 Å². The van der Waals surface area contributed by atoms with Crippen molar-refractivity contribution in [3.05, 3.63) is 53.1 Å². The van der Waals surface area contributed by atoms with Crippen LogP contribution in [-0.2, 0) is 6.54 Å². The summed E-state index contributed by atoms with van der Waals surface area (Å²) in [6, 6.07) is 13.0.